The lowest BCUT2D eigenvalue weighted by atomic mass is 10.1. The number of nitrogens with one attached hydrogen (secondary N) is 3. The normalized spacial score (nSPS) is 11.0. The molecule has 0 aliphatic carbocycles. The molecular weight excluding hydrogens is 310 g/mol. The van der Waals surface area contributed by atoms with E-state index in [9.17, 15) is 14.4 Å². The summed E-state index contributed by atoms with van der Waals surface area (Å²) < 4.78 is 0. The molecule has 7 nitrogen and oxygen atoms in total. The van der Waals surface area contributed by atoms with E-state index in [1.54, 1.807) is 31.2 Å². The van der Waals surface area contributed by atoms with Crippen molar-refractivity contribution in [3.63, 3.8) is 0 Å². The number of hydrogen-bond donors (Lipinski definition) is 4. The zero-order chi connectivity index (χ0) is 18.1. The molecule has 0 fully saturated rings. The molecule has 24 heavy (non-hydrogen) atoms. The number of carboxylic acids is 1. The molecule has 4 N–H and O–H groups in total. The summed E-state index contributed by atoms with van der Waals surface area (Å²) in [6.45, 7) is 1.67. The van der Waals surface area contributed by atoms with Gasteiger partial charge in [-0.15, -0.1) is 6.42 Å². The van der Waals surface area contributed by atoms with Crippen molar-refractivity contribution in [1.82, 2.24) is 5.32 Å². The summed E-state index contributed by atoms with van der Waals surface area (Å²) in [5.74, 6) is 0.234. The molecule has 1 atom stereocenters. The quantitative estimate of drug-likeness (QED) is 0.425. The van der Waals surface area contributed by atoms with Gasteiger partial charge in [-0.2, -0.15) is 0 Å². The fourth-order valence-corrected chi connectivity index (χ4v) is 1.85. The molecule has 7 heteroatoms. The van der Waals surface area contributed by atoms with Crippen LogP contribution in [0.1, 0.15) is 31.7 Å². The smallest absolute Gasteiger partial charge is 0.306 e. The second-order valence-electron chi connectivity index (χ2n) is 5.14. The van der Waals surface area contributed by atoms with E-state index in [0.717, 1.165) is 5.56 Å². The summed E-state index contributed by atoms with van der Waals surface area (Å²) in [6, 6.07) is 5.89. The van der Waals surface area contributed by atoms with Gasteiger partial charge in [-0.25, -0.2) is 0 Å². The summed E-state index contributed by atoms with van der Waals surface area (Å²) in [4.78, 5) is 34.0. The Bertz CT molecular complexity index is 674. The molecule has 0 aliphatic heterocycles. The van der Waals surface area contributed by atoms with Gasteiger partial charge in [-0.3, -0.25) is 14.4 Å². The monoisotopic (exact) mass is 329 g/mol. The third-order valence-electron chi connectivity index (χ3n) is 3.10. The van der Waals surface area contributed by atoms with Crippen LogP contribution in [0.25, 0.3) is 0 Å². The van der Waals surface area contributed by atoms with Crippen molar-refractivity contribution in [3.8, 4) is 12.3 Å². The Balaban J connectivity index is 2.42. The Morgan fingerprint density at radius 1 is 1.21 bits per heavy atom. The van der Waals surface area contributed by atoms with Crippen LogP contribution in [-0.2, 0) is 14.4 Å². The number of aliphatic carboxylic acids is 1. The zero-order valence-corrected chi connectivity index (χ0v) is 13.3. The van der Waals surface area contributed by atoms with E-state index in [1.165, 1.54) is 0 Å². The van der Waals surface area contributed by atoms with Crippen LogP contribution in [0.15, 0.2) is 24.3 Å². The van der Waals surface area contributed by atoms with Crippen molar-refractivity contribution >= 4 is 29.2 Å². The molecule has 0 bridgehead atoms. The van der Waals surface area contributed by atoms with E-state index in [4.69, 9.17) is 16.9 Å². The zero-order valence-electron chi connectivity index (χ0n) is 13.3. The van der Waals surface area contributed by atoms with E-state index in [0.29, 0.717) is 11.4 Å². The standard InChI is InChI=1S/C17H19N3O4/c1-3-13(10-17(23)24)19-15(21)8-9-16(22)20-14-6-4-12(5-7-14)11(2)18/h1,4-7,13,18H,8-10H2,2H3,(H,19,21)(H,20,22)(H,23,24)/t13-/m1/s1. The minimum atomic E-state index is -1.11. The fourth-order valence-electron chi connectivity index (χ4n) is 1.85. The maximum Gasteiger partial charge on any atom is 0.306 e. The Morgan fingerprint density at radius 3 is 2.29 bits per heavy atom. The summed E-state index contributed by atoms with van der Waals surface area (Å²) in [5, 5.41) is 21.1. The van der Waals surface area contributed by atoms with Crippen LogP contribution in [0, 0.1) is 17.8 Å². The lowest BCUT2D eigenvalue weighted by Crippen LogP contribution is -2.35. The van der Waals surface area contributed by atoms with Gasteiger partial charge in [0.05, 0.1) is 6.42 Å². The first-order valence-electron chi connectivity index (χ1n) is 7.24. The van der Waals surface area contributed by atoms with Gasteiger partial charge in [-0.05, 0) is 24.6 Å². The molecule has 0 spiro atoms. The van der Waals surface area contributed by atoms with Crippen LogP contribution < -0.4 is 10.6 Å². The first-order valence-corrected chi connectivity index (χ1v) is 7.24. The molecule has 0 saturated carbocycles. The number of terminal acetylenes is 1. The van der Waals surface area contributed by atoms with Crippen molar-refractivity contribution < 1.29 is 19.5 Å². The second-order valence-corrected chi connectivity index (χ2v) is 5.14. The van der Waals surface area contributed by atoms with E-state index in [1.807, 2.05) is 0 Å². The molecule has 1 aromatic carbocycles. The Hall–Kier alpha value is -3.14. The predicted molar refractivity (Wildman–Crippen MR) is 89.8 cm³/mol. The molecule has 0 aromatic heterocycles. The summed E-state index contributed by atoms with van der Waals surface area (Å²) in [6.07, 6.45) is 4.62. The predicted octanol–water partition coefficient (Wildman–Crippen LogP) is 1.39. The van der Waals surface area contributed by atoms with Crippen LogP contribution in [0.2, 0.25) is 0 Å². The van der Waals surface area contributed by atoms with Gasteiger partial charge < -0.3 is 21.1 Å². The molecule has 0 radical (unpaired) electrons. The molecular formula is C17H19N3O4. The average molecular weight is 329 g/mol. The second kappa shape index (κ2) is 9.10. The molecule has 0 heterocycles. The molecule has 0 unspecified atom stereocenters. The average Bonchev–Trinajstić information content (AvgIpc) is 2.52. The number of carboxylic acid groups (broad SMARTS) is 1. The van der Waals surface area contributed by atoms with Gasteiger partial charge in [0.15, 0.2) is 0 Å². The lowest BCUT2D eigenvalue weighted by molar-refractivity contribution is -0.137. The largest absolute Gasteiger partial charge is 0.481 e. The van der Waals surface area contributed by atoms with Crippen molar-refractivity contribution in [3.05, 3.63) is 29.8 Å². The number of rotatable bonds is 8. The number of carbonyl (C=O) groups excluding carboxylic acids is 2. The van der Waals surface area contributed by atoms with Gasteiger partial charge in [0.25, 0.3) is 0 Å². The van der Waals surface area contributed by atoms with E-state index in [2.05, 4.69) is 16.6 Å². The number of carbonyl (C=O) groups is 3. The summed E-state index contributed by atoms with van der Waals surface area (Å²) in [5.41, 5.74) is 1.75. The Kier molecular flexibility index (Phi) is 7.17. The lowest BCUT2D eigenvalue weighted by Gasteiger charge is -2.11. The Labute approximate surface area is 140 Å². The van der Waals surface area contributed by atoms with Gasteiger partial charge in [0.1, 0.15) is 6.04 Å². The molecule has 126 valence electrons. The van der Waals surface area contributed by atoms with Gasteiger partial charge in [-0.1, -0.05) is 18.1 Å². The number of amides is 2. The minimum absolute atomic E-state index is 0.0540. The SMILES string of the molecule is C#C[C@H](CC(=O)O)NC(=O)CCC(=O)Nc1ccc(C(C)=N)cc1. The highest BCUT2D eigenvalue weighted by Crippen LogP contribution is 2.10. The molecule has 1 aromatic rings. The van der Waals surface area contributed by atoms with Gasteiger partial charge in [0.2, 0.25) is 11.8 Å². The van der Waals surface area contributed by atoms with Crippen LogP contribution in [0.4, 0.5) is 5.69 Å². The first kappa shape index (κ1) is 18.9. The summed E-state index contributed by atoms with van der Waals surface area (Å²) in [7, 11) is 0. The first-order chi connectivity index (χ1) is 11.3. The number of hydrogen-bond acceptors (Lipinski definition) is 4. The highest BCUT2D eigenvalue weighted by atomic mass is 16.4. The number of anilines is 1. The maximum atomic E-state index is 11.8. The van der Waals surface area contributed by atoms with E-state index in [-0.39, 0.29) is 25.2 Å². The van der Waals surface area contributed by atoms with Crippen LogP contribution in [0.5, 0.6) is 0 Å². The third-order valence-corrected chi connectivity index (χ3v) is 3.10. The number of benzene rings is 1. The molecule has 2 amide bonds. The maximum absolute atomic E-state index is 11.8. The topological polar surface area (TPSA) is 119 Å². The Morgan fingerprint density at radius 2 is 1.79 bits per heavy atom. The van der Waals surface area contributed by atoms with Crippen LogP contribution in [0.3, 0.4) is 0 Å². The minimum Gasteiger partial charge on any atom is -0.481 e. The van der Waals surface area contributed by atoms with Crippen LogP contribution in [-0.4, -0.2) is 34.6 Å². The molecule has 0 aliphatic rings. The van der Waals surface area contributed by atoms with E-state index < -0.39 is 17.9 Å². The highest BCUT2D eigenvalue weighted by molar-refractivity contribution is 5.97. The molecule has 1 rings (SSSR count). The van der Waals surface area contributed by atoms with Crippen molar-refractivity contribution in [1.29, 1.82) is 5.41 Å². The summed E-state index contributed by atoms with van der Waals surface area (Å²) >= 11 is 0. The van der Waals surface area contributed by atoms with Crippen molar-refractivity contribution in [2.24, 2.45) is 0 Å². The van der Waals surface area contributed by atoms with Gasteiger partial charge >= 0.3 is 5.97 Å². The van der Waals surface area contributed by atoms with Crippen LogP contribution >= 0.6 is 0 Å². The third kappa shape index (κ3) is 6.75. The van der Waals surface area contributed by atoms with Crippen molar-refractivity contribution in [2.75, 3.05) is 5.32 Å². The molecule has 0 saturated heterocycles. The highest BCUT2D eigenvalue weighted by Gasteiger charge is 2.14. The van der Waals surface area contributed by atoms with Gasteiger partial charge in [0, 0.05) is 24.2 Å². The fraction of sp³-hybridized carbons (Fsp3) is 0.294. The van der Waals surface area contributed by atoms with E-state index >= 15 is 0 Å². The van der Waals surface area contributed by atoms with Crippen molar-refractivity contribution in [2.45, 2.75) is 32.2 Å².